The Balaban J connectivity index is 3.59. The third-order valence-electron chi connectivity index (χ3n) is 1.48. The lowest BCUT2D eigenvalue weighted by Crippen LogP contribution is -2.16. The van der Waals surface area contributed by atoms with Crippen molar-refractivity contribution in [2.45, 2.75) is 11.3 Å². The first-order valence-corrected chi connectivity index (χ1v) is 5.32. The summed E-state index contributed by atoms with van der Waals surface area (Å²) in [5.41, 5.74) is -1.16. The highest BCUT2D eigenvalue weighted by Gasteiger charge is 2.26. The normalized spacial score (nSPS) is 12.1. The van der Waals surface area contributed by atoms with Crippen molar-refractivity contribution in [3.05, 3.63) is 22.7 Å². The van der Waals surface area contributed by atoms with Crippen LogP contribution in [0.2, 0.25) is 5.15 Å². The molecular formula is C6H4ClF3N2O2S. The van der Waals surface area contributed by atoms with Crippen molar-refractivity contribution in [2.75, 3.05) is 0 Å². The van der Waals surface area contributed by atoms with Gasteiger partial charge in [0.05, 0.1) is 5.56 Å². The summed E-state index contributed by atoms with van der Waals surface area (Å²) in [5, 5.41) is 3.81. The molecular weight excluding hydrogens is 257 g/mol. The molecule has 1 rings (SSSR count). The van der Waals surface area contributed by atoms with E-state index in [0.29, 0.717) is 6.20 Å². The summed E-state index contributed by atoms with van der Waals surface area (Å²) < 4.78 is 59.2. The van der Waals surface area contributed by atoms with Gasteiger partial charge in [0.15, 0.2) is 15.9 Å². The molecule has 1 aromatic heterocycles. The van der Waals surface area contributed by atoms with Crippen molar-refractivity contribution in [1.29, 1.82) is 0 Å². The van der Waals surface area contributed by atoms with Crippen LogP contribution in [-0.4, -0.2) is 13.4 Å². The number of alkyl halides is 2. The Morgan fingerprint density at radius 1 is 1.47 bits per heavy atom. The lowest BCUT2D eigenvalue weighted by atomic mass is 10.3. The molecule has 15 heavy (non-hydrogen) atoms. The molecule has 0 aliphatic heterocycles. The van der Waals surface area contributed by atoms with E-state index in [1.807, 2.05) is 0 Å². The van der Waals surface area contributed by atoms with Gasteiger partial charge in [0.2, 0.25) is 10.0 Å². The van der Waals surface area contributed by atoms with Gasteiger partial charge in [-0.2, -0.15) is 0 Å². The van der Waals surface area contributed by atoms with Crippen LogP contribution in [0, 0.1) is 5.82 Å². The van der Waals surface area contributed by atoms with Crippen molar-refractivity contribution in [3.63, 3.8) is 0 Å². The Kier molecular flexibility index (Phi) is 3.22. The third-order valence-corrected chi connectivity index (χ3v) is 2.82. The van der Waals surface area contributed by atoms with Gasteiger partial charge in [-0.15, -0.1) is 0 Å². The number of rotatable bonds is 2. The molecule has 0 saturated carbocycles. The fourth-order valence-corrected chi connectivity index (χ4v) is 1.97. The summed E-state index contributed by atoms with van der Waals surface area (Å²) in [6.45, 7) is 0. The van der Waals surface area contributed by atoms with Gasteiger partial charge in [0.25, 0.3) is 6.43 Å². The van der Waals surface area contributed by atoms with Crippen LogP contribution in [0.3, 0.4) is 0 Å². The zero-order valence-electron chi connectivity index (χ0n) is 6.92. The van der Waals surface area contributed by atoms with Crippen LogP contribution >= 0.6 is 11.6 Å². The molecule has 9 heteroatoms. The first kappa shape index (κ1) is 12.2. The van der Waals surface area contributed by atoms with E-state index in [-0.39, 0.29) is 0 Å². The lowest BCUT2D eigenvalue weighted by Gasteiger charge is -2.06. The molecule has 0 saturated heterocycles. The fourth-order valence-electron chi connectivity index (χ4n) is 0.858. The van der Waals surface area contributed by atoms with Crippen LogP contribution in [0.15, 0.2) is 11.1 Å². The molecule has 0 bridgehead atoms. The Labute approximate surface area is 87.9 Å². The molecule has 0 amide bonds. The van der Waals surface area contributed by atoms with E-state index in [4.69, 9.17) is 11.6 Å². The number of aromatic nitrogens is 1. The van der Waals surface area contributed by atoms with Crippen molar-refractivity contribution in [1.82, 2.24) is 4.98 Å². The summed E-state index contributed by atoms with van der Waals surface area (Å²) in [4.78, 5) is 1.89. The van der Waals surface area contributed by atoms with Gasteiger partial charge in [-0.1, -0.05) is 11.6 Å². The van der Waals surface area contributed by atoms with E-state index in [0.717, 1.165) is 0 Å². The van der Waals surface area contributed by atoms with E-state index >= 15 is 0 Å². The predicted octanol–water partition coefficient (Wildman–Crippen LogP) is 1.46. The molecule has 84 valence electrons. The first-order valence-electron chi connectivity index (χ1n) is 3.40. The number of nitrogens with two attached hydrogens (primary N) is 1. The molecule has 0 atom stereocenters. The second-order valence-corrected chi connectivity index (χ2v) is 4.35. The van der Waals surface area contributed by atoms with E-state index in [1.165, 1.54) is 0 Å². The summed E-state index contributed by atoms with van der Waals surface area (Å²) in [5.74, 6) is -1.67. The monoisotopic (exact) mass is 260 g/mol. The van der Waals surface area contributed by atoms with Crippen LogP contribution < -0.4 is 5.14 Å². The van der Waals surface area contributed by atoms with Gasteiger partial charge >= 0.3 is 0 Å². The van der Waals surface area contributed by atoms with Gasteiger partial charge in [0.1, 0.15) is 0 Å². The maximum absolute atomic E-state index is 13.2. The highest BCUT2D eigenvalue weighted by atomic mass is 35.5. The average Bonchev–Trinajstić information content (AvgIpc) is 2.00. The van der Waals surface area contributed by atoms with E-state index < -0.39 is 37.9 Å². The zero-order chi connectivity index (χ0) is 11.8. The highest BCUT2D eigenvalue weighted by Crippen LogP contribution is 2.28. The van der Waals surface area contributed by atoms with Crippen molar-refractivity contribution < 1.29 is 21.6 Å². The summed E-state index contributed by atoms with van der Waals surface area (Å²) in [7, 11) is -4.52. The van der Waals surface area contributed by atoms with Gasteiger partial charge in [0, 0.05) is 6.20 Å². The number of sulfonamides is 1. The van der Waals surface area contributed by atoms with Crippen LogP contribution in [0.4, 0.5) is 13.2 Å². The van der Waals surface area contributed by atoms with Gasteiger partial charge < -0.3 is 0 Å². The molecule has 0 aliphatic rings. The molecule has 0 aromatic carbocycles. The number of nitrogens with zero attached hydrogens (tertiary/aromatic N) is 1. The smallest absolute Gasteiger partial charge is 0.242 e. The minimum absolute atomic E-state index is 0.455. The second-order valence-electron chi connectivity index (χ2n) is 2.49. The molecule has 0 fully saturated rings. The molecule has 4 nitrogen and oxygen atoms in total. The molecule has 0 aliphatic carbocycles. The highest BCUT2D eigenvalue weighted by molar-refractivity contribution is 7.89. The molecule has 0 unspecified atom stereocenters. The van der Waals surface area contributed by atoms with Crippen LogP contribution in [-0.2, 0) is 10.0 Å². The lowest BCUT2D eigenvalue weighted by molar-refractivity contribution is 0.145. The van der Waals surface area contributed by atoms with Gasteiger partial charge in [-0.05, 0) is 0 Å². The topological polar surface area (TPSA) is 73.1 Å². The largest absolute Gasteiger partial charge is 0.268 e. The zero-order valence-corrected chi connectivity index (χ0v) is 8.49. The van der Waals surface area contributed by atoms with E-state index in [9.17, 15) is 21.6 Å². The molecule has 1 heterocycles. The van der Waals surface area contributed by atoms with Crippen LogP contribution in [0.25, 0.3) is 0 Å². The first-order chi connectivity index (χ1) is 6.75. The Hall–Kier alpha value is -0.860. The average molecular weight is 261 g/mol. The molecule has 0 spiro atoms. The quantitative estimate of drug-likeness (QED) is 0.818. The maximum atomic E-state index is 13.2. The van der Waals surface area contributed by atoms with E-state index in [2.05, 4.69) is 10.1 Å². The Bertz CT molecular complexity index is 491. The molecule has 2 N–H and O–H groups in total. The summed E-state index contributed by atoms with van der Waals surface area (Å²) in [6, 6.07) is 0. The molecule has 0 radical (unpaired) electrons. The standard InChI is InChI=1S/C6H4ClF3N2O2S/c7-5-4(15(11,13)14)3(8)2(1-12-5)6(9)10/h1,6H,(H2,11,13,14). The maximum Gasteiger partial charge on any atom is 0.268 e. The number of hydrogen-bond donors (Lipinski definition) is 1. The third kappa shape index (κ3) is 2.39. The number of hydrogen-bond acceptors (Lipinski definition) is 3. The fraction of sp³-hybridized carbons (Fsp3) is 0.167. The van der Waals surface area contributed by atoms with Crippen molar-refractivity contribution >= 4 is 21.6 Å². The second kappa shape index (κ2) is 3.95. The van der Waals surface area contributed by atoms with Crippen molar-refractivity contribution in [3.8, 4) is 0 Å². The Morgan fingerprint density at radius 2 is 2.00 bits per heavy atom. The van der Waals surface area contributed by atoms with Crippen LogP contribution in [0.1, 0.15) is 12.0 Å². The number of primary sulfonamides is 1. The van der Waals surface area contributed by atoms with Crippen LogP contribution in [0.5, 0.6) is 0 Å². The minimum atomic E-state index is -4.52. The van der Waals surface area contributed by atoms with Gasteiger partial charge in [-0.25, -0.2) is 31.7 Å². The number of pyridine rings is 1. The summed E-state index contributed by atoms with van der Waals surface area (Å²) >= 11 is 5.24. The van der Waals surface area contributed by atoms with Crippen molar-refractivity contribution in [2.24, 2.45) is 5.14 Å². The van der Waals surface area contributed by atoms with E-state index in [1.54, 1.807) is 0 Å². The number of halogens is 4. The SMILES string of the molecule is NS(=O)(=O)c1c(Cl)ncc(C(F)F)c1F. The predicted molar refractivity (Wildman–Crippen MR) is 45.5 cm³/mol. The van der Waals surface area contributed by atoms with Gasteiger partial charge in [-0.3, -0.25) is 0 Å². The Morgan fingerprint density at radius 3 is 2.40 bits per heavy atom. The minimum Gasteiger partial charge on any atom is -0.242 e. The summed E-state index contributed by atoms with van der Waals surface area (Å²) in [6.07, 6.45) is -2.74. The molecule has 1 aromatic rings.